The summed E-state index contributed by atoms with van der Waals surface area (Å²) in [4.78, 5) is 24.8. The Kier molecular flexibility index (Phi) is 6.94. The van der Waals surface area contributed by atoms with Gasteiger partial charge in [0.2, 0.25) is 0 Å². The van der Waals surface area contributed by atoms with E-state index in [2.05, 4.69) is 45.6 Å². The highest BCUT2D eigenvalue weighted by atomic mass is 16.5. The standard InChI is InChI=1S/C30H30N4O2/c1-21-27(18-31-22(2)33-21)30(35)34-19-25-13-6-8-14-28(25)32-17-24-12-7-9-15-29(24)36-20-26(34)16-23-10-4-3-5-11-23/h3-15,18,26,32H,16-17,19-20H2,1-2H3/t26-/m0/s1. The Labute approximate surface area is 212 Å². The van der Waals surface area contributed by atoms with Crippen LogP contribution in [0.3, 0.4) is 0 Å². The molecule has 0 saturated carbocycles. The fraction of sp³-hybridized carbons (Fsp3) is 0.233. The Balaban J connectivity index is 1.60. The number of nitrogens with one attached hydrogen (secondary N) is 1. The van der Waals surface area contributed by atoms with Crippen LogP contribution in [-0.2, 0) is 19.5 Å². The Morgan fingerprint density at radius 3 is 2.50 bits per heavy atom. The number of rotatable bonds is 3. The minimum absolute atomic E-state index is 0.0978. The molecule has 5 rings (SSSR count). The summed E-state index contributed by atoms with van der Waals surface area (Å²) in [7, 11) is 0. The molecule has 182 valence electrons. The van der Waals surface area contributed by atoms with Crippen molar-refractivity contribution < 1.29 is 9.53 Å². The van der Waals surface area contributed by atoms with Crippen molar-refractivity contribution in [1.29, 1.82) is 0 Å². The SMILES string of the molecule is Cc1ncc(C(=O)N2Cc3ccccc3NCc3ccccc3OC[C@@H]2Cc2ccccc2)c(C)n1. The molecule has 0 saturated heterocycles. The van der Waals surface area contributed by atoms with Crippen molar-refractivity contribution in [3.05, 3.63) is 119 Å². The van der Waals surface area contributed by atoms with Crippen LogP contribution < -0.4 is 10.1 Å². The Hall–Kier alpha value is -4.19. The summed E-state index contributed by atoms with van der Waals surface area (Å²) in [5.74, 6) is 1.38. The number of para-hydroxylation sites is 2. The number of carbonyl (C=O) groups is 1. The van der Waals surface area contributed by atoms with Crippen LogP contribution in [0.2, 0.25) is 0 Å². The van der Waals surface area contributed by atoms with E-state index in [0.29, 0.717) is 43.2 Å². The number of fused-ring (bicyclic) bond motifs is 2. The molecule has 0 radical (unpaired) electrons. The molecule has 0 unspecified atom stereocenters. The second-order valence-electron chi connectivity index (χ2n) is 9.12. The predicted octanol–water partition coefficient (Wildman–Crippen LogP) is 5.35. The van der Waals surface area contributed by atoms with E-state index in [1.165, 1.54) is 0 Å². The van der Waals surface area contributed by atoms with Crippen LogP contribution in [0.25, 0.3) is 0 Å². The van der Waals surface area contributed by atoms with Gasteiger partial charge in [-0.15, -0.1) is 0 Å². The molecule has 0 spiro atoms. The highest BCUT2D eigenvalue weighted by molar-refractivity contribution is 5.95. The third-order valence-corrected chi connectivity index (χ3v) is 6.58. The molecule has 0 fully saturated rings. The Bertz CT molecular complexity index is 1360. The van der Waals surface area contributed by atoms with Gasteiger partial charge in [0.15, 0.2) is 0 Å². The zero-order valence-electron chi connectivity index (χ0n) is 20.6. The van der Waals surface area contributed by atoms with Gasteiger partial charge in [-0.1, -0.05) is 66.7 Å². The van der Waals surface area contributed by atoms with Crippen LogP contribution in [0.1, 0.15) is 38.6 Å². The number of benzene rings is 3. The first kappa shape index (κ1) is 23.5. The lowest BCUT2D eigenvalue weighted by molar-refractivity contribution is 0.0589. The molecule has 1 aliphatic rings. The monoisotopic (exact) mass is 478 g/mol. The molecule has 2 heterocycles. The predicted molar refractivity (Wildman–Crippen MR) is 141 cm³/mol. The molecule has 1 N–H and O–H groups in total. The molecule has 0 aliphatic carbocycles. The first-order valence-corrected chi connectivity index (χ1v) is 12.3. The van der Waals surface area contributed by atoms with Gasteiger partial charge in [-0.3, -0.25) is 4.79 Å². The maximum Gasteiger partial charge on any atom is 0.257 e. The van der Waals surface area contributed by atoms with E-state index < -0.39 is 0 Å². The number of nitrogens with zero attached hydrogens (tertiary/aromatic N) is 3. The third-order valence-electron chi connectivity index (χ3n) is 6.58. The molecule has 0 bridgehead atoms. The average Bonchev–Trinajstić information content (AvgIpc) is 2.92. The van der Waals surface area contributed by atoms with Crippen molar-refractivity contribution in [1.82, 2.24) is 14.9 Å². The summed E-state index contributed by atoms with van der Waals surface area (Å²) < 4.78 is 6.40. The zero-order chi connectivity index (χ0) is 24.9. The van der Waals surface area contributed by atoms with Crippen molar-refractivity contribution in [2.24, 2.45) is 0 Å². The number of amides is 1. The van der Waals surface area contributed by atoms with Gasteiger partial charge in [-0.05, 0) is 43.5 Å². The fourth-order valence-corrected chi connectivity index (χ4v) is 4.64. The molecule has 36 heavy (non-hydrogen) atoms. The van der Waals surface area contributed by atoms with E-state index in [4.69, 9.17) is 4.74 Å². The van der Waals surface area contributed by atoms with E-state index >= 15 is 0 Å². The Morgan fingerprint density at radius 1 is 0.972 bits per heavy atom. The van der Waals surface area contributed by atoms with Crippen LogP contribution >= 0.6 is 0 Å². The number of hydrogen-bond donors (Lipinski definition) is 1. The lowest BCUT2D eigenvalue weighted by Crippen LogP contribution is -2.45. The Morgan fingerprint density at radius 2 is 1.69 bits per heavy atom. The summed E-state index contributed by atoms with van der Waals surface area (Å²) >= 11 is 0. The van der Waals surface area contributed by atoms with Crippen LogP contribution in [0, 0.1) is 13.8 Å². The van der Waals surface area contributed by atoms with Gasteiger partial charge < -0.3 is 15.0 Å². The van der Waals surface area contributed by atoms with E-state index in [1.807, 2.05) is 67.3 Å². The van der Waals surface area contributed by atoms with E-state index in [1.54, 1.807) is 6.20 Å². The number of aromatic nitrogens is 2. The fourth-order valence-electron chi connectivity index (χ4n) is 4.64. The molecule has 3 aromatic carbocycles. The van der Waals surface area contributed by atoms with Gasteiger partial charge in [-0.2, -0.15) is 0 Å². The third kappa shape index (κ3) is 5.23. The van der Waals surface area contributed by atoms with Crippen LogP contribution in [-0.4, -0.2) is 33.4 Å². The molecule has 6 nitrogen and oxygen atoms in total. The van der Waals surface area contributed by atoms with Gasteiger partial charge in [0.05, 0.1) is 17.3 Å². The minimum atomic E-state index is -0.209. The molecular formula is C30H30N4O2. The first-order chi connectivity index (χ1) is 17.6. The molecule has 1 aromatic heterocycles. The molecule has 1 atom stereocenters. The average molecular weight is 479 g/mol. The summed E-state index contributed by atoms with van der Waals surface area (Å²) in [5.41, 5.74) is 5.47. The van der Waals surface area contributed by atoms with Crippen LogP contribution in [0.4, 0.5) is 5.69 Å². The second-order valence-corrected chi connectivity index (χ2v) is 9.12. The van der Waals surface area contributed by atoms with E-state index in [0.717, 1.165) is 28.1 Å². The number of ether oxygens (including phenoxy) is 1. The van der Waals surface area contributed by atoms with Crippen molar-refractivity contribution in [2.75, 3.05) is 11.9 Å². The van der Waals surface area contributed by atoms with Crippen molar-refractivity contribution >= 4 is 11.6 Å². The first-order valence-electron chi connectivity index (χ1n) is 12.3. The van der Waals surface area contributed by atoms with Gasteiger partial charge in [0.1, 0.15) is 18.2 Å². The van der Waals surface area contributed by atoms with Crippen LogP contribution in [0.5, 0.6) is 5.75 Å². The van der Waals surface area contributed by atoms with E-state index in [9.17, 15) is 4.79 Å². The maximum absolute atomic E-state index is 14.1. The van der Waals surface area contributed by atoms with Gasteiger partial charge in [0.25, 0.3) is 5.91 Å². The number of hydrogen-bond acceptors (Lipinski definition) is 5. The summed E-state index contributed by atoms with van der Waals surface area (Å²) in [6.45, 7) is 5.14. The van der Waals surface area contributed by atoms with E-state index in [-0.39, 0.29) is 11.9 Å². The van der Waals surface area contributed by atoms with Crippen molar-refractivity contribution in [3.8, 4) is 5.75 Å². The molecule has 1 aliphatic heterocycles. The quantitative estimate of drug-likeness (QED) is 0.430. The molecule has 6 heteroatoms. The minimum Gasteiger partial charge on any atom is -0.491 e. The number of aryl methyl sites for hydroxylation is 2. The lowest BCUT2D eigenvalue weighted by atomic mass is 10.0. The summed E-state index contributed by atoms with van der Waals surface area (Å²) in [6.07, 6.45) is 2.31. The smallest absolute Gasteiger partial charge is 0.257 e. The molecule has 4 aromatic rings. The van der Waals surface area contributed by atoms with Crippen molar-refractivity contribution in [3.63, 3.8) is 0 Å². The maximum atomic E-state index is 14.1. The second kappa shape index (κ2) is 10.6. The van der Waals surface area contributed by atoms with Crippen molar-refractivity contribution in [2.45, 2.75) is 39.4 Å². The number of anilines is 1. The zero-order valence-corrected chi connectivity index (χ0v) is 20.6. The molecule has 1 amide bonds. The normalized spacial score (nSPS) is 15.5. The van der Waals surface area contributed by atoms with Crippen LogP contribution in [0.15, 0.2) is 85.1 Å². The lowest BCUT2D eigenvalue weighted by Gasteiger charge is -2.33. The topological polar surface area (TPSA) is 67.4 Å². The highest BCUT2D eigenvalue weighted by Crippen LogP contribution is 2.27. The largest absolute Gasteiger partial charge is 0.491 e. The van der Waals surface area contributed by atoms with Gasteiger partial charge in [-0.25, -0.2) is 9.97 Å². The molecular weight excluding hydrogens is 448 g/mol. The summed E-state index contributed by atoms with van der Waals surface area (Å²) in [6, 6.07) is 26.3. The highest BCUT2D eigenvalue weighted by Gasteiger charge is 2.29. The van der Waals surface area contributed by atoms with Gasteiger partial charge in [0, 0.05) is 30.5 Å². The van der Waals surface area contributed by atoms with Gasteiger partial charge >= 0.3 is 0 Å². The summed E-state index contributed by atoms with van der Waals surface area (Å²) in [5, 5.41) is 3.56. The number of carbonyl (C=O) groups excluding carboxylic acids is 1.